The van der Waals surface area contributed by atoms with E-state index >= 15 is 0 Å². The van der Waals surface area contributed by atoms with Crippen molar-refractivity contribution in [2.45, 2.75) is 20.3 Å². The average molecular weight is 352 g/mol. The predicted molar refractivity (Wildman–Crippen MR) is 93.7 cm³/mol. The van der Waals surface area contributed by atoms with Crippen molar-refractivity contribution in [3.8, 4) is 0 Å². The standard InChI is InChI=1S/C14H20N6OS2/c1-3-11-17-14(23-18-11)20-7-5-19(6-8-20)12(21)10-9-22-13(16-10)15-4-2/h9H,3-8H2,1-2H3,(H,15,16). The van der Waals surface area contributed by atoms with Crippen LogP contribution >= 0.6 is 22.9 Å². The highest BCUT2D eigenvalue weighted by molar-refractivity contribution is 7.13. The maximum absolute atomic E-state index is 12.5. The van der Waals surface area contributed by atoms with Crippen molar-refractivity contribution in [1.82, 2.24) is 19.2 Å². The molecule has 1 aliphatic heterocycles. The van der Waals surface area contributed by atoms with Crippen LogP contribution in [0.4, 0.5) is 10.3 Å². The highest BCUT2D eigenvalue weighted by Crippen LogP contribution is 2.21. The maximum atomic E-state index is 12.5. The lowest BCUT2D eigenvalue weighted by atomic mass is 10.3. The minimum atomic E-state index is 0.0107. The number of piperazine rings is 1. The third kappa shape index (κ3) is 3.61. The lowest BCUT2D eigenvalue weighted by Crippen LogP contribution is -2.48. The fourth-order valence-corrected chi connectivity index (χ4v) is 3.94. The van der Waals surface area contributed by atoms with Crippen molar-refractivity contribution in [3.63, 3.8) is 0 Å². The van der Waals surface area contributed by atoms with Gasteiger partial charge in [-0.25, -0.2) is 9.97 Å². The normalized spacial score (nSPS) is 15.0. The van der Waals surface area contributed by atoms with Gasteiger partial charge in [-0.1, -0.05) is 6.92 Å². The van der Waals surface area contributed by atoms with Crippen LogP contribution in [0.2, 0.25) is 0 Å². The Morgan fingerprint density at radius 1 is 1.26 bits per heavy atom. The molecule has 1 saturated heterocycles. The molecule has 124 valence electrons. The van der Waals surface area contributed by atoms with Gasteiger partial charge < -0.3 is 15.1 Å². The summed E-state index contributed by atoms with van der Waals surface area (Å²) in [6.45, 7) is 7.82. The zero-order chi connectivity index (χ0) is 16.2. The number of nitrogens with zero attached hydrogens (tertiary/aromatic N) is 5. The lowest BCUT2D eigenvalue weighted by Gasteiger charge is -2.33. The Bertz CT molecular complexity index is 662. The molecule has 0 unspecified atom stereocenters. The van der Waals surface area contributed by atoms with Crippen LogP contribution in [0.15, 0.2) is 5.38 Å². The summed E-state index contributed by atoms with van der Waals surface area (Å²) in [5.74, 6) is 0.901. The first-order valence-electron chi connectivity index (χ1n) is 7.77. The summed E-state index contributed by atoms with van der Waals surface area (Å²) in [6, 6.07) is 0. The molecule has 9 heteroatoms. The Morgan fingerprint density at radius 3 is 2.70 bits per heavy atom. The molecule has 0 aliphatic carbocycles. The molecular formula is C14H20N6OS2. The second-order valence-corrected chi connectivity index (χ2v) is 6.78. The molecule has 0 atom stereocenters. The first kappa shape index (κ1) is 16.1. The molecular weight excluding hydrogens is 332 g/mol. The minimum absolute atomic E-state index is 0.0107. The fraction of sp³-hybridized carbons (Fsp3) is 0.571. The second-order valence-electron chi connectivity index (χ2n) is 5.19. The van der Waals surface area contributed by atoms with Crippen molar-refractivity contribution in [2.24, 2.45) is 0 Å². The van der Waals surface area contributed by atoms with E-state index in [0.29, 0.717) is 18.8 Å². The van der Waals surface area contributed by atoms with Crippen LogP contribution in [0, 0.1) is 0 Å². The summed E-state index contributed by atoms with van der Waals surface area (Å²) < 4.78 is 4.32. The number of carbonyl (C=O) groups is 1. The topological polar surface area (TPSA) is 74.2 Å². The number of hydrogen-bond acceptors (Lipinski definition) is 8. The highest BCUT2D eigenvalue weighted by atomic mass is 32.1. The molecule has 3 rings (SSSR count). The van der Waals surface area contributed by atoms with E-state index in [2.05, 4.69) is 31.5 Å². The molecule has 3 heterocycles. The number of hydrogen-bond donors (Lipinski definition) is 1. The zero-order valence-corrected chi connectivity index (χ0v) is 14.9. The Hall–Kier alpha value is -1.74. The van der Waals surface area contributed by atoms with Gasteiger partial charge in [0.05, 0.1) is 0 Å². The van der Waals surface area contributed by atoms with Crippen molar-refractivity contribution in [2.75, 3.05) is 42.9 Å². The number of carbonyl (C=O) groups excluding carboxylic acids is 1. The quantitative estimate of drug-likeness (QED) is 0.887. The summed E-state index contributed by atoms with van der Waals surface area (Å²) in [7, 11) is 0. The Morgan fingerprint density at radius 2 is 2.04 bits per heavy atom. The van der Waals surface area contributed by atoms with E-state index in [9.17, 15) is 4.79 Å². The predicted octanol–water partition coefficient (Wildman–Crippen LogP) is 1.95. The number of thiazole rings is 1. The van der Waals surface area contributed by atoms with Crippen molar-refractivity contribution >= 4 is 39.0 Å². The second kappa shape index (κ2) is 7.22. The van der Waals surface area contributed by atoms with Gasteiger partial charge in [0.15, 0.2) is 5.13 Å². The molecule has 0 radical (unpaired) electrons. The highest BCUT2D eigenvalue weighted by Gasteiger charge is 2.25. The van der Waals surface area contributed by atoms with Crippen LogP contribution in [-0.4, -0.2) is 57.9 Å². The van der Waals surface area contributed by atoms with Gasteiger partial charge >= 0.3 is 0 Å². The minimum Gasteiger partial charge on any atom is -0.362 e. The Labute approximate surface area is 143 Å². The van der Waals surface area contributed by atoms with Crippen LogP contribution in [0.3, 0.4) is 0 Å². The number of anilines is 2. The van der Waals surface area contributed by atoms with E-state index in [4.69, 9.17) is 0 Å². The largest absolute Gasteiger partial charge is 0.362 e. The van der Waals surface area contributed by atoms with Crippen LogP contribution in [0.1, 0.15) is 30.2 Å². The van der Waals surface area contributed by atoms with Gasteiger partial charge in [-0.05, 0) is 6.92 Å². The summed E-state index contributed by atoms with van der Waals surface area (Å²) in [4.78, 5) is 25.4. The molecule has 0 spiro atoms. The van der Waals surface area contributed by atoms with Crippen LogP contribution in [0.5, 0.6) is 0 Å². The van der Waals surface area contributed by atoms with Crippen LogP contribution in [-0.2, 0) is 6.42 Å². The van der Waals surface area contributed by atoms with Crippen LogP contribution in [0.25, 0.3) is 0 Å². The van der Waals surface area contributed by atoms with Gasteiger partial charge in [-0.15, -0.1) is 11.3 Å². The number of amides is 1. The van der Waals surface area contributed by atoms with E-state index in [1.54, 1.807) is 0 Å². The maximum Gasteiger partial charge on any atom is 0.273 e. The summed E-state index contributed by atoms with van der Waals surface area (Å²) in [5.41, 5.74) is 0.531. The number of aryl methyl sites for hydroxylation is 1. The van der Waals surface area contributed by atoms with Crippen molar-refractivity contribution in [1.29, 1.82) is 0 Å². The number of nitrogens with one attached hydrogen (secondary N) is 1. The SMILES string of the molecule is CCNc1nc(C(=O)N2CCN(c3nc(CC)ns3)CC2)cs1. The molecule has 7 nitrogen and oxygen atoms in total. The van der Waals surface area contributed by atoms with Gasteiger partial charge in [0.1, 0.15) is 11.5 Å². The van der Waals surface area contributed by atoms with E-state index in [1.807, 2.05) is 17.2 Å². The average Bonchev–Trinajstić information content (AvgIpc) is 3.24. The first-order chi connectivity index (χ1) is 11.2. The van der Waals surface area contributed by atoms with Gasteiger partial charge in [-0.3, -0.25) is 4.79 Å². The van der Waals surface area contributed by atoms with E-state index in [-0.39, 0.29) is 5.91 Å². The summed E-state index contributed by atoms with van der Waals surface area (Å²) in [6.07, 6.45) is 0.854. The van der Waals surface area contributed by atoms with E-state index in [0.717, 1.165) is 42.1 Å². The Balaban J connectivity index is 1.58. The first-order valence-corrected chi connectivity index (χ1v) is 9.42. The molecule has 1 amide bonds. The number of aromatic nitrogens is 3. The van der Waals surface area contributed by atoms with Gasteiger partial charge in [-0.2, -0.15) is 4.37 Å². The van der Waals surface area contributed by atoms with Crippen molar-refractivity contribution < 1.29 is 4.79 Å². The van der Waals surface area contributed by atoms with Gasteiger partial charge in [0.25, 0.3) is 5.91 Å². The monoisotopic (exact) mass is 352 g/mol. The molecule has 0 saturated carbocycles. The fourth-order valence-electron chi connectivity index (χ4n) is 2.38. The van der Waals surface area contributed by atoms with Crippen LogP contribution < -0.4 is 10.2 Å². The summed E-state index contributed by atoms with van der Waals surface area (Å²) >= 11 is 2.91. The zero-order valence-electron chi connectivity index (χ0n) is 13.3. The summed E-state index contributed by atoms with van der Waals surface area (Å²) in [5, 5.41) is 6.72. The molecule has 0 aromatic carbocycles. The van der Waals surface area contributed by atoms with E-state index < -0.39 is 0 Å². The van der Waals surface area contributed by atoms with Crippen molar-refractivity contribution in [3.05, 3.63) is 16.9 Å². The molecule has 2 aromatic rings. The van der Waals surface area contributed by atoms with Gasteiger partial charge in [0, 0.05) is 56.1 Å². The molecule has 23 heavy (non-hydrogen) atoms. The molecule has 2 aromatic heterocycles. The lowest BCUT2D eigenvalue weighted by molar-refractivity contribution is 0.0742. The van der Waals surface area contributed by atoms with E-state index in [1.165, 1.54) is 22.9 Å². The third-order valence-corrected chi connectivity index (χ3v) is 5.28. The van der Waals surface area contributed by atoms with Gasteiger partial charge in [0.2, 0.25) is 5.13 Å². The third-order valence-electron chi connectivity index (χ3n) is 3.66. The molecule has 1 aliphatic rings. The Kier molecular flexibility index (Phi) is 5.06. The molecule has 1 N–H and O–H groups in total. The molecule has 0 bridgehead atoms. The smallest absolute Gasteiger partial charge is 0.273 e. The molecule has 1 fully saturated rings. The number of rotatable bonds is 5.